The van der Waals surface area contributed by atoms with Gasteiger partial charge in [0.15, 0.2) is 6.10 Å². The van der Waals surface area contributed by atoms with Crippen molar-refractivity contribution in [3.05, 3.63) is 64.7 Å². The van der Waals surface area contributed by atoms with Gasteiger partial charge < -0.3 is 9.64 Å². The number of benzene rings is 2. The van der Waals surface area contributed by atoms with Gasteiger partial charge >= 0.3 is 5.97 Å². The number of fused-ring (bicyclic) bond motifs is 1. The Bertz CT molecular complexity index is 797. The van der Waals surface area contributed by atoms with Crippen LogP contribution in [0.2, 0.25) is 0 Å². The van der Waals surface area contributed by atoms with E-state index in [1.165, 1.54) is 0 Å². The Hall–Kier alpha value is -2.62. The van der Waals surface area contributed by atoms with E-state index in [0.717, 1.165) is 22.4 Å². The normalized spacial score (nSPS) is 16.3. The summed E-state index contributed by atoms with van der Waals surface area (Å²) < 4.78 is 5.42. The van der Waals surface area contributed by atoms with Gasteiger partial charge in [-0.25, -0.2) is 4.79 Å². The smallest absolute Gasteiger partial charge is 0.339 e. The number of likely N-dealkylation sites (N-methyl/N-ethyl adjacent to an activating group) is 1. The van der Waals surface area contributed by atoms with Gasteiger partial charge in [0, 0.05) is 18.7 Å². The summed E-state index contributed by atoms with van der Waals surface area (Å²) in [5.74, 6) is -0.596. The predicted molar refractivity (Wildman–Crippen MR) is 93.3 cm³/mol. The molecule has 0 N–H and O–H groups in total. The number of anilines is 1. The average molecular weight is 323 g/mol. The van der Waals surface area contributed by atoms with E-state index in [-0.39, 0.29) is 5.91 Å². The minimum atomic E-state index is -0.771. The Morgan fingerprint density at radius 1 is 1.21 bits per heavy atom. The molecule has 1 unspecified atom stereocenters. The topological polar surface area (TPSA) is 46.6 Å². The molecule has 0 aromatic heterocycles. The summed E-state index contributed by atoms with van der Waals surface area (Å²) in [4.78, 5) is 26.9. The standard InChI is InChI=1S/C20H21NO3/c1-4-21(17-11-13(2)9-10-14(17)3)19(22)18-12-15-7-5-6-8-16(15)20(23)24-18/h5-11,18H,4,12H2,1-3H3. The van der Waals surface area contributed by atoms with Crippen LogP contribution >= 0.6 is 0 Å². The number of carbonyl (C=O) groups excluding carboxylic acids is 2. The first-order valence-corrected chi connectivity index (χ1v) is 8.18. The maximum Gasteiger partial charge on any atom is 0.339 e. The zero-order valence-corrected chi connectivity index (χ0v) is 14.2. The van der Waals surface area contributed by atoms with Crippen LogP contribution in [0.25, 0.3) is 0 Å². The van der Waals surface area contributed by atoms with Gasteiger partial charge in [-0.1, -0.05) is 30.3 Å². The van der Waals surface area contributed by atoms with Gasteiger partial charge in [0.05, 0.1) is 5.56 Å². The molecule has 2 aromatic carbocycles. The van der Waals surface area contributed by atoms with Gasteiger partial charge in [0.1, 0.15) is 0 Å². The van der Waals surface area contributed by atoms with E-state index in [1.54, 1.807) is 17.0 Å². The lowest BCUT2D eigenvalue weighted by molar-refractivity contribution is -0.127. The molecule has 1 aliphatic heterocycles. The molecule has 4 nitrogen and oxygen atoms in total. The highest BCUT2D eigenvalue weighted by molar-refractivity contribution is 6.01. The van der Waals surface area contributed by atoms with Crippen LogP contribution in [0.15, 0.2) is 42.5 Å². The van der Waals surface area contributed by atoms with Gasteiger partial charge in [-0.3, -0.25) is 4.79 Å². The first kappa shape index (κ1) is 16.2. The largest absolute Gasteiger partial charge is 0.448 e. The van der Waals surface area contributed by atoms with Crippen molar-refractivity contribution in [1.82, 2.24) is 0 Å². The van der Waals surface area contributed by atoms with Crippen molar-refractivity contribution in [3.8, 4) is 0 Å². The molecule has 0 radical (unpaired) electrons. The van der Waals surface area contributed by atoms with Crippen LogP contribution in [0.5, 0.6) is 0 Å². The van der Waals surface area contributed by atoms with Crippen LogP contribution in [0.3, 0.4) is 0 Å². The fraction of sp³-hybridized carbons (Fsp3) is 0.300. The average Bonchev–Trinajstić information content (AvgIpc) is 2.58. The van der Waals surface area contributed by atoms with Crippen molar-refractivity contribution < 1.29 is 14.3 Å². The summed E-state index contributed by atoms with van der Waals surface area (Å²) in [6, 6.07) is 13.3. The van der Waals surface area contributed by atoms with Crippen molar-refractivity contribution in [2.75, 3.05) is 11.4 Å². The number of rotatable bonds is 3. The number of hydrogen-bond acceptors (Lipinski definition) is 3. The number of nitrogens with zero attached hydrogens (tertiary/aromatic N) is 1. The molecular weight excluding hydrogens is 302 g/mol. The van der Waals surface area contributed by atoms with Gasteiger partial charge in [-0.15, -0.1) is 0 Å². The Morgan fingerprint density at radius 3 is 2.71 bits per heavy atom. The van der Waals surface area contributed by atoms with Crippen LogP contribution in [-0.4, -0.2) is 24.5 Å². The first-order valence-electron chi connectivity index (χ1n) is 8.18. The van der Waals surface area contributed by atoms with Gasteiger partial charge in [0.25, 0.3) is 5.91 Å². The summed E-state index contributed by atoms with van der Waals surface area (Å²) in [6.07, 6.45) is -0.352. The number of carbonyl (C=O) groups is 2. The summed E-state index contributed by atoms with van der Waals surface area (Å²) in [7, 11) is 0. The molecule has 0 saturated heterocycles. The molecule has 0 saturated carbocycles. The van der Waals surface area contributed by atoms with Crippen molar-refractivity contribution in [2.45, 2.75) is 33.3 Å². The second-order valence-corrected chi connectivity index (χ2v) is 6.13. The maximum absolute atomic E-state index is 13.0. The van der Waals surface area contributed by atoms with Crippen LogP contribution < -0.4 is 4.90 Å². The molecule has 0 fully saturated rings. The van der Waals surface area contributed by atoms with E-state index in [4.69, 9.17) is 4.74 Å². The molecule has 124 valence electrons. The molecule has 1 aliphatic rings. The summed E-state index contributed by atoms with van der Waals surface area (Å²) in [5.41, 5.74) is 4.41. The molecule has 4 heteroatoms. The quantitative estimate of drug-likeness (QED) is 0.813. The fourth-order valence-corrected chi connectivity index (χ4v) is 3.10. The zero-order valence-electron chi connectivity index (χ0n) is 14.2. The third-order valence-electron chi connectivity index (χ3n) is 4.41. The number of amides is 1. The zero-order chi connectivity index (χ0) is 17.3. The first-order chi connectivity index (χ1) is 11.5. The van der Waals surface area contributed by atoms with Gasteiger partial charge in [-0.05, 0) is 49.6 Å². The Balaban J connectivity index is 1.90. The molecule has 3 rings (SSSR count). The van der Waals surface area contributed by atoms with E-state index in [0.29, 0.717) is 18.5 Å². The van der Waals surface area contributed by atoms with Crippen LogP contribution in [0, 0.1) is 13.8 Å². The molecule has 2 aromatic rings. The maximum atomic E-state index is 13.0. The summed E-state index contributed by atoms with van der Waals surface area (Å²) >= 11 is 0. The monoisotopic (exact) mass is 323 g/mol. The second-order valence-electron chi connectivity index (χ2n) is 6.13. The van der Waals surface area contributed by atoms with E-state index in [1.807, 2.05) is 51.1 Å². The lowest BCUT2D eigenvalue weighted by Gasteiger charge is -2.30. The van der Waals surface area contributed by atoms with Gasteiger partial charge in [0.2, 0.25) is 0 Å². The second kappa shape index (κ2) is 6.48. The Kier molecular flexibility index (Phi) is 4.38. The minimum absolute atomic E-state index is 0.172. The lowest BCUT2D eigenvalue weighted by atomic mass is 9.97. The van der Waals surface area contributed by atoms with E-state index in [9.17, 15) is 9.59 Å². The summed E-state index contributed by atoms with van der Waals surface area (Å²) in [5, 5.41) is 0. The number of aryl methyl sites for hydroxylation is 2. The highest BCUT2D eigenvalue weighted by atomic mass is 16.5. The molecule has 1 heterocycles. The Morgan fingerprint density at radius 2 is 1.96 bits per heavy atom. The van der Waals surface area contributed by atoms with Crippen LogP contribution in [-0.2, 0) is 16.0 Å². The third kappa shape index (κ3) is 2.92. The number of hydrogen-bond donors (Lipinski definition) is 0. The number of esters is 1. The minimum Gasteiger partial charge on any atom is -0.448 e. The molecule has 1 atom stereocenters. The molecule has 0 bridgehead atoms. The van der Waals surface area contributed by atoms with Crippen molar-refractivity contribution in [1.29, 1.82) is 0 Å². The molecule has 24 heavy (non-hydrogen) atoms. The Labute approximate surface area is 142 Å². The van der Waals surface area contributed by atoms with E-state index >= 15 is 0 Å². The van der Waals surface area contributed by atoms with E-state index < -0.39 is 12.1 Å². The molecule has 0 spiro atoms. The van der Waals surface area contributed by atoms with Crippen molar-refractivity contribution in [3.63, 3.8) is 0 Å². The number of ether oxygens (including phenoxy) is 1. The highest BCUT2D eigenvalue weighted by Crippen LogP contribution is 2.26. The fourth-order valence-electron chi connectivity index (χ4n) is 3.10. The number of cyclic esters (lactones) is 1. The van der Waals surface area contributed by atoms with Crippen LogP contribution in [0.1, 0.15) is 34.0 Å². The predicted octanol–water partition coefficient (Wildman–Crippen LogP) is 3.44. The van der Waals surface area contributed by atoms with E-state index in [2.05, 4.69) is 0 Å². The molecular formula is C20H21NO3. The molecule has 1 amide bonds. The SMILES string of the molecule is CCN(C(=O)C1Cc2ccccc2C(=O)O1)c1cc(C)ccc1C. The highest BCUT2D eigenvalue weighted by Gasteiger charge is 2.34. The van der Waals surface area contributed by atoms with Crippen LogP contribution in [0.4, 0.5) is 5.69 Å². The lowest BCUT2D eigenvalue weighted by Crippen LogP contribution is -2.44. The van der Waals surface area contributed by atoms with Crippen molar-refractivity contribution >= 4 is 17.6 Å². The summed E-state index contributed by atoms with van der Waals surface area (Å²) in [6.45, 7) is 6.43. The van der Waals surface area contributed by atoms with Gasteiger partial charge in [-0.2, -0.15) is 0 Å². The van der Waals surface area contributed by atoms with Crippen molar-refractivity contribution in [2.24, 2.45) is 0 Å². The third-order valence-corrected chi connectivity index (χ3v) is 4.41. The molecule has 0 aliphatic carbocycles.